The molecule has 2 aromatic heterocycles. The van der Waals surface area contributed by atoms with Crippen molar-refractivity contribution in [2.75, 3.05) is 0 Å². The molecule has 0 saturated heterocycles. The third-order valence-electron chi connectivity index (χ3n) is 13.5. The van der Waals surface area contributed by atoms with E-state index in [2.05, 4.69) is 136 Å². The van der Waals surface area contributed by atoms with Crippen molar-refractivity contribution >= 4 is 21.5 Å². The molecule has 0 N–H and O–H groups in total. The van der Waals surface area contributed by atoms with Gasteiger partial charge in [-0.3, -0.25) is 0 Å². The Morgan fingerprint density at radius 2 is 0.596 bits per heavy atom. The van der Waals surface area contributed by atoms with Gasteiger partial charge in [0.15, 0.2) is 11.6 Å². The zero-order valence-corrected chi connectivity index (χ0v) is 34.3. The van der Waals surface area contributed by atoms with Gasteiger partial charge >= 0.3 is 0 Å². The van der Waals surface area contributed by atoms with Crippen molar-refractivity contribution in [2.45, 2.75) is 85.5 Å². The Labute approximate surface area is 333 Å². The largest absolute Gasteiger partial charge is 0.219 e. The van der Waals surface area contributed by atoms with Crippen LogP contribution >= 0.6 is 0 Å². The van der Waals surface area contributed by atoms with Crippen molar-refractivity contribution in [2.24, 2.45) is 0 Å². The topological polar surface area (TPSA) is 77.3 Å². The minimum Gasteiger partial charge on any atom is -0.219 e. The molecule has 0 bridgehead atoms. The summed E-state index contributed by atoms with van der Waals surface area (Å²) in [5, 5.41) is 4.82. The number of aromatic nitrogens is 6. The van der Waals surface area contributed by atoms with Gasteiger partial charge in [0.25, 0.3) is 0 Å². The predicted molar refractivity (Wildman–Crippen MR) is 231 cm³/mol. The highest BCUT2D eigenvalue weighted by atomic mass is 15.0. The van der Waals surface area contributed by atoms with Gasteiger partial charge in [-0.25, -0.2) is 29.9 Å². The quantitative estimate of drug-likeness (QED) is 0.176. The average Bonchev–Trinajstić information content (AvgIpc) is 3.63. The number of nitrogens with zero attached hydrogens (tertiary/aromatic N) is 6. The smallest absolute Gasteiger partial charge is 0.163 e. The van der Waals surface area contributed by atoms with Crippen molar-refractivity contribution in [3.05, 3.63) is 142 Å². The summed E-state index contributed by atoms with van der Waals surface area (Å²) >= 11 is 0. The molecule has 0 aliphatic heterocycles. The molecular weight excluding hydrogens is 697 g/mol. The van der Waals surface area contributed by atoms with Crippen LogP contribution < -0.4 is 0 Å². The van der Waals surface area contributed by atoms with Gasteiger partial charge in [0.2, 0.25) is 0 Å². The Bertz CT molecular complexity index is 2900. The fraction of sp³-hybridized carbons (Fsp3) is 0.255. The standard InChI is InChI=1S/C51H44N6/c1-25-52-26(2)55-47(54-25)35-21-43-45(31-17-13-11-15-29(31)35)37-23-39-33(19-41(37)50(43,7)8)34-20-42-38(24-40(34)49(39,5)6)46-32-18-14-12-16-30(32)36(22-44(46)51(42,9)10)48-56-27(3)53-28(4)57-48/h11-24H,1-10H3. The molecule has 0 atom stereocenters. The number of rotatable bonds is 2. The molecule has 0 spiro atoms. The maximum absolute atomic E-state index is 4.84. The number of hydrogen-bond donors (Lipinski definition) is 0. The van der Waals surface area contributed by atoms with Crippen LogP contribution in [0.1, 0.15) is 98.2 Å². The fourth-order valence-corrected chi connectivity index (χ4v) is 10.7. The van der Waals surface area contributed by atoms with Gasteiger partial charge < -0.3 is 0 Å². The number of hydrogen-bond acceptors (Lipinski definition) is 6. The van der Waals surface area contributed by atoms with E-state index in [-0.39, 0.29) is 16.2 Å². The van der Waals surface area contributed by atoms with Crippen molar-refractivity contribution in [1.29, 1.82) is 0 Å². The third kappa shape index (κ3) is 4.47. The van der Waals surface area contributed by atoms with E-state index in [1.165, 1.54) is 88.3 Å². The SMILES string of the molecule is Cc1nc(C)nc(-c2cc3c(c4ccccc24)-c2cc4c(cc2C3(C)C)-c2cc3c(cc2C4(C)C)-c2c(cc(-c4nc(C)nc(C)n4)c4ccccc24)C3(C)C)n1. The lowest BCUT2D eigenvalue weighted by Crippen LogP contribution is -2.17. The Kier molecular flexibility index (Phi) is 6.61. The van der Waals surface area contributed by atoms with Gasteiger partial charge in [-0.1, -0.05) is 90.1 Å². The van der Waals surface area contributed by atoms with Crippen LogP contribution in [0.2, 0.25) is 0 Å². The first-order valence-corrected chi connectivity index (χ1v) is 20.1. The highest BCUT2D eigenvalue weighted by Gasteiger charge is 2.45. The monoisotopic (exact) mass is 740 g/mol. The molecule has 3 aliphatic carbocycles. The van der Waals surface area contributed by atoms with Crippen LogP contribution in [0.3, 0.4) is 0 Å². The van der Waals surface area contributed by atoms with Crippen LogP contribution in [0.4, 0.5) is 0 Å². The summed E-state index contributed by atoms with van der Waals surface area (Å²) in [6.07, 6.45) is 0. The van der Waals surface area contributed by atoms with Gasteiger partial charge in [0, 0.05) is 27.4 Å². The first-order valence-electron chi connectivity index (χ1n) is 20.1. The lowest BCUT2D eigenvalue weighted by atomic mass is 9.78. The molecule has 0 unspecified atom stereocenters. The zero-order valence-electron chi connectivity index (χ0n) is 34.3. The van der Waals surface area contributed by atoms with Crippen LogP contribution in [0.5, 0.6) is 0 Å². The molecule has 278 valence electrons. The minimum absolute atomic E-state index is 0.208. The summed E-state index contributed by atoms with van der Waals surface area (Å²) in [4.78, 5) is 28.3. The highest BCUT2D eigenvalue weighted by molar-refractivity contribution is 6.11. The van der Waals surface area contributed by atoms with Gasteiger partial charge in [-0.05, 0) is 152 Å². The van der Waals surface area contributed by atoms with Crippen LogP contribution in [0.15, 0.2) is 84.9 Å². The molecule has 6 aromatic carbocycles. The Morgan fingerprint density at radius 3 is 0.965 bits per heavy atom. The lowest BCUT2D eigenvalue weighted by Gasteiger charge is -2.25. The Hall–Kier alpha value is -6.14. The summed E-state index contributed by atoms with van der Waals surface area (Å²) in [6.45, 7) is 22.1. The summed E-state index contributed by atoms with van der Waals surface area (Å²) in [5.41, 5.74) is 17.6. The van der Waals surface area contributed by atoms with Crippen LogP contribution in [-0.2, 0) is 16.2 Å². The van der Waals surface area contributed by atoms with Gasteiger partial charge in [-0.2, -0.15) is 0 Å². The highest BCUT2D eigenvalue weighted by Crippen LogP contribution is 2.61. The second kappa shape index (κ2) is 11.0. The first-order chi connectivity index (χ1) is 27.1. The second-order valence-corrected chi connectivity index (χ2v) is 18.1. The van der Waals surface area contributed by atoms with Crippen molar-refractivity contribution in [3.8, 4) is 56.2 Å². The molecule has 0 amide bonds. The van der Waals surface area contributed by atoms with Gasteiger partial charge in [-0.15, -0.1) is 0 Å². The second-order valence-electron chi connectivity index (χ2n) is 18.1. The molecule has 0 fully saturated rings. The van der Waals surface area contributed by atoms with Gasteiger partial charge in [0.1, 0.15) is 23.3 Å². The van der Waals surface area contributed by atoms with E-state index in [4.69, 9.17) is 19.9 Å². The predicted octanol–water partition coefficient (Wildman–Crippen LogP) is 11.8. The molecule has 11 rings (SSSR count). The number of benzene rings is 6. The summed E-state index contributed by atoms with van der Waals surface area (Å²) in [6, 6.07) is 32.4. The first kappa shape index (κ1) is 34.1. The van der Waals surface area contributed by atoms with Crippen molar-refractivity contribution in [1.82, 2.24) is 29.9 Å². The maximum atomic E-state index is 4.84. The molecule has 0 saturated carbocycles. The van der Waals surface area contributed by atoms with Crippen molar-refractivity contribution in [3.63, 3.8) is 0 Å². The molecule has 3 aliphatic rings. The van der Waals surface area contributed by atoms with E-state index in [0.717, 1.165) is 46.1 Å². The average molecular weight is 741 g/mol. The maximum Gasteiger partial charge on any atom is 0.163 e. The van der Waals surface area contributed by atoms with E-state index >= 15 is 0 Å². The zero-order chi connectivity index (χ0) is 39.5. The Morgan fingerprint density at radius 1 is 0.316 bits per heavy atom. The van der Waals surface area contributed by atoms with E-state index < -0.39 is 0 Å². The molecule has 0 radical (unpaired) electrons. The van der Waals surface area contributed by atoms with Gasteiger partial charge in [0.05, 0.1) is 0 Å². The molecule has 6 nitrogen and oxygen atoms in total. The molecule has 2 heterocycles. The molecule has 57 heavy (non-hydrogen) atoms. The van der Waals surface area contributed by atoms with Crippen LogP contribution in [0, 0.1) is 27.7 Å². The van der Waals surface area contributed by atoms with E-state index in [9.17, 15) is 0 Å². The summed E-state index contributed by atoms with van der Waals surface area (Å²) < 4.78 is 0. The van der Waals surface area contributed by atoms with E-state index in [1.807, 2.05) is 27.7 Å². The van der Waals surface area contributed by atoms with Crippen LogP contribution in [0.25, 0.3) is 77.7 Å². The summed E-state index contributed by atoms with van der Waals surface area (Å²) in [5.74, 6) is 4.42. The van der Waals surface area contributed by atoms with Crippen molar-refractivity contribution < 1.29 is 0 Å². The van der Waals surface area contributed by atoms with Crippen LogP contribution in [-0.4, -0.2) is 29.9 Å². The molecular formula is C51H44N6. The third-order valence-corrected chi connectivity index (χ3v) is 13.5. The molecule has 6 heteroatoms. The lowest BCUT2D eigenvalue weighted by molar-refractivity contribution is 0.649. The minimum atomic E-state index is -0.240. The number of aryl methyl sites for hydroxylation is 4. The van der Waals surface area contributed by atoms with E-state index in [1.54, 1.807) is 0 Å². The normalized spacial score (nSPS) is 16.0. The fourth-order valence-electron chi connectivity index (χ4n) is 10.7. The van der Waals surface area contributed by atoms with E-state index in [0.29, 0.717) is 0 Å². The molecule has 8 aromatic rings. The Balaban J connectivity index is 1.12. The number of fused-ring (bicyclic) bond motifs is 13. The summed E-state index contributed by atoms with van der Waals surface area (Å²) in [7, 11) is 0.